The second-order valence-corrected chi connectivity index (χ2v) is 5.71. The summed E-state index contributed by atoms with van der Waals surface area (Å²) >= 11 is 1.79. The Morgan fingerprint density at radius 1 is 1.47 bits per heavy atom. The molecule has 0 amide bonds. The molecular formula is C12H21NOS. The molecule has 0 aliphatic carbocycles. The summed E-state index contributed by atoms with van der Waals surface area (Å²) in [6.07, 6.45) is 2.19. The summed E-state index contributed by atoms with van der Waals surface area (Å²) in [5.74, 6) is 0. The minimum Gasteiger partial charge on any atom is -0.396 e. The van der Waals surface area contributed by atoms with Crippen molar-refractivity contribution in [3.63, 3.8) is 0 Å². The predicted molar refractivity (Wildman–Crippen MR) is 66.1 cm³/mol. The third kappa shape index (κ3) is 5.30. The first-order valence-corrected chi connectivity index (χ1v) is 6.36. The van der Waals surface area contributed by atoms with Crippen molar-refractivity contribution in [3.05, 3.63) is 22.4 Å². The van der Waals surface area contributed by atoms with E-state index in [-0.39, 0.29) is 12.0 Å². The Bertz CT molecular complexity index is 257. The van der Waals surface area contributed by atoms with Gasteiger partial charge in [0.05, 0.1) is 0 Å². The van der Waals surface area contributed by atoms with Crippen molar-refractivity contribution < 1.29 is 5.11 Å². The average molecular weight is 227 g/mol. The molecule has 0 bridgehead atoms. The molecule has 0 aliphatic rings. The van der Waals surface area contributed by atoms with Crippen LogP contribution in [-0.2, 0) is 6.54 Å². The maximum Gasteiger partial charge on any atom is 0.0482 e. The van der Waals surface area contributed by atoms with Gasteiger partial charge in [-0.1, -0.05) is 19.9 Å². The largest absolute Gasteiger partial charge is 0.396 e. The third-order valence-corrected chi connectivity index (χ3v) is 3.39. The highest BCUT2D eigenvalue weighted by atomic mass is 32.1. The first-order valence-electron chi connectivity index (χ1n) is 5.48. The first kappa shape index (κ1) is 12.7. The number of aliphatic hydroxyl groups excluding tert-OH is 1. The molecule has 1 aromatic heterocycles. The SMILES string of the molecule is CC(C)(CO)CCCNCc1cccs1. The summed E-state index contributed by atoms with van der Waals surface area (Å²) < 4.78 is 0. The van der Waals surface area contributed by atoms with Gasteiger partial charge >= 0.3 is 0 Å². The summed E-state index contributed by atoms with van der Waals surface area (Å²) in [5.41, 5.74) is 0.0740. The molecule has 1 heterocycles. The molecule has 1 rings (SSSR count). The molecule has 3 heteroatoms. The highest BCUT2D eigenvalue weighted by Gasteiger charge is 2.14. The van der Waals surface area contributed by atoms with E-state index < -0.39 is 0 Å². The molecule has 0 radical (unpaired) electrons. The van der Waals surface area contributed by atoms with Gasteiger partial charge in [-0.15, -0.1) is 11.3 Å². The summed E-state index contributed by atoms with van der Waals surface area (Å²) in [6.45, 7) is 6.48. The molecule has 0 saturated carbocycles. The minimum atomic E-state index is 0.0740. The number of rotatable bonds is 7. The van der Waals surface area contributed by atoms with Crippen LogP contribution < -0.4 is 5.32 Å². The molecule has 1 aromatic rings. The fraction of sp³-hybridized carbons (Fsp3) is 0.667. The first-order chi connectivity index (χ1) is 7.14. The van der Waals surface area contributed by atoms with Gasteiger partial charge in [-0.3, -0.25) is 0 Å². The molecule has 0 fully saturated rings. The maximum atomic E-state index is 9.08. The molecular weight excluding hydrogens is 206 g/mol. The minimum absolute atomic E-state index is 0.0740. The van der Waals surface area contributed by atoms with E-state index in [0.29, 0.717) is 0 Å². The van der Waals surface area contributed by atoms with Gasteiger partial charge in [-0.05, 0) is 36.2 Å². The zero-order chi connectivity index (χ0) is 11.1. The van der Waals surface area contributed by atoms with Crippen molar-refractivity contribution in [2.75, 3.05) is 13.2 Å². The third-order valence-electron chi connectivity index (χ3n) is 2.51. The quantitative estimate of drug-likeness (QED) is 0.702. The van der Waals surface area contributed by atoms with Crippen molar-refractivity contribution in [2.24, 2.45) is 5.41 Å². The van der Waals surface area contributed by atoms with Gasteiger partial charge in [0.15, 0.2) is 0 Å². The smallest absolute Gasteiger partial charge is 0.0482 e. The second-order valence-electron chi connectivity index (χ2n) is 4.68. The van der Waals surface area contributed by atoms with Crippen LogP contribution in [0.3, 0.4) is 0 Å². The topological polar surface area (TPSA) is 32.3 Å². The standard InChI is InChI=1S/C12H21NOS/c1-12(2,10-14)6-4-7-13-9-11-5-3-8-15-11/h3,5,8,13-14H,4,6-7,9-10H2,1-2H3. The molecule has 2 nitrogen and oxygen atoms in total. The van der Waals surface area contributed by atoms with E-state index >= 15 is 0 Å². The monoisotopic (exact) mass is 227 g/mol. The lowest BCUT2D eigenvalue weighted by Gasteiger charge is -2.21. The maximum absolute atomic E-state index is 9.08. The van der Waals surface area contributed by atoms with E-state index in [4.69, 9.17) is 5.11 Å². The van der Waals surface area contributed by atoms with E-state index in [1.165, 1.54) is 4.88 Å². The van der Waals surface area contributed by atoms with Crippen LogP contribution in [0.4, 0.5) is 0 Å². The molecule has 0 saturated heterocycles. The number of nitrogens with one attached hydrogen (secondary N) is 1. The predicted octanol–water partition coefficient (Wildman–Crippen LogP) is 2.64. The van der Waals surface area contributed by atoms with Crippen molar-refractivity contribution in [3.8, 4) is 0 Å². The average Bonchev–Trinajstić information content (AvgIpc) is 2.70. The summed E-state index contributed by atoms with van der Waals surface area (Å²) in [4.78, 5) is 1.39. The summed E-state index contributed by atoms with van der Waals surface area (Å²) in [7, 11) is 0. The van der Waals surface area contributed by atoms with E-state index in [1.807, 2.05) is 0 Å². The van der Waals surface area contributed by atoms with E-state index in [0.717, 1.165) is 25.9 Å². The van der Waals surface area contributed by atoms with Crippen LogP contribution >= 0.6 is 11.3 Å². The molecule has 15 heavy (non-hydrogen) atoms. The van der Waals surface area contributed by atoms with Crippen LogP contribution in [0.1, 0.15) is 31.6 Å². The van der Waals surface area contributed by atoms with Gasteiger partial charge in [-0.2, -0.15) is 0 Å². The van der Waals surface area contributed by atoms with Crippen LogP contribution in [0.15, 0.2) is 17.5 Å². The zero-order valence-corrected chi connectivity index (χ0v) is 10.4. The summed E-state index contributed by atoms with van der Waals surface area (Å²) in [5, 5.41) is 14.6. The fourth-order valence-electron chi connectivity index (χ4n) is 1.40. The van der Waals surface area contributed by atoms with Gasteiger partial charge in [-0.25, -0.2) is 0 Å². The molecule has 2 N–H and O–H groups in total. The van der Waals surface area contributed by atoms with Gasteiger partial charge in [0.25, 0.3) is 0 Å². The van der Waals surface area contributed by atoms with Crippen LogP contribution in [0.25, 0.3) is 0 Å². The fourth-order valence-corrected chi connectivity index (χ4v) is 2.07. The molecule has 0 spiro atoms. The number of aliphatic hydroxyl groups is 1. The Labute approximate surface area is 96.3 Å². The van der Waals surface area contributed by atoms with Crippen molar-refractivity contribution >= 4 is 11.3 Å². The molecule has 0 aliphatic heterocycles. The number of hydrogen-bond acceptors (Lipinski definition) is 3. The second kappa shape index (κ2) is 6.26. The van der Waals surface area contributed by atoms with Crippen molar-refractivity contribution in [1.29, 1.82) is 0 Å². The highest BCUT2D eigenvalue weighted by molar-refractivity contribution is 7.09. The Balaban J connectivity index is 2.03. The van der Waals surface area contributed by atoms with Gasteiger partial charge in [0.2, 0.25) is 0 Å². The molecule has 86 valence electrons. The van der Waals surface area contributed by atoms with Crippen LogP contribution in [0.2, 0.25) is 0 Å². The van der Waals surface area contributed by atoms with Gasteiger partial charge in [0.1, 0.15) is 0 Å². The van der Waals surface area contributed by atoms with Crippen LogP contribution in [0.5, 0.6) is 0 Å². The van der Waals surface area contributed by atoms with E-state index in [2.05, 4.69) is 36.7 Å². The lowest BCUT2D eigenvalue weighted by molar-refractivity contribution is 0.148. The highest BCUT2D eigenvalue weighted by Crippen LogP contribution is 2.20. The van der Waals surface area contributed by atoms with E-state index in [1.54, 1.807) is 11.3 Å². The van der Waals surface area contributed by atoms with Crippen LogP contribution in [0, 0.1) is 5.41 Å². The van der Waals surface area contributed by atoms with Gasteiger partial charge < -0.3 is 10.4 Å². The molecule has 0 unspecified atom stereocenters. The molecule has 0 atom stereocenters. The van der Waals surface area contributed by atoms with E-state index in [9.17, 15) is 0 Å². The van der Waals surface area contributed by atoms with Crippen LogP contribution in [-0.4, -0.2) is 18.3 Å². The Kier molecular flexibility index (Phi) is 5.29. The zero-order valence-electron chi connectivity index (χ0n) is 9.62. The van der Waals surface area contributed by atoms with Crippen molar-refractivity contribution in [2.45, 2.75) is 33.2 Å². The lowest BCUT2D eigenvalue weighted by Crippen LogP contribution is -2.20. The Morgan fingerprint density at radius 3 is 2.87 bits per heavy atom. The Hall–Kier alpha value is -0.380. The van der Waals surface area contributed by atoms with Crippen molar-refractivity contribution in [1.82, 2.24) is 5.32 Å². The summed E-state index contributed by atoms with van der Waals surface area (Å²) in [6, 6.07) is 4.23. The van der Waals surface area contributed by atoms with Gasteiger partial charge in [0, 0.05) is 18.0 Å². The Morgan fingerprint density at radius 2 is 2.27 bits per heavy atom. The molecule has 0 aromatic carbocycles. The number of hydrogen-bond donors (Lipinski definition) is 2. The number of thiophene rings is 1. The lowest BCUT2D eigenvalue weighted by atomic mass is 9.89. The normalized spacial score (nSPS) is 11.9.